The molecule has 0 unspecified atom stereocenters. The van der Waals surface area contributed by atoms with Crippen LogP contribution in [0, 0.1) is 5.82 Å². The minimum atomic E-state index is -0.310. The van der Waals surface area contributed by atoms with E-state index in [9.17, 15) is 4.39 Å². The summed E-state index contributed by atoms with van der Waals surface area (Å²) < 4.78 is 43.7. The molecule has 0 saturated heterocycles. The summed E-state index contributed by atoms with van der Waals surface area (Å²) in [5.41, 5.74) is 6.16. The fourth-order valence-corrected chi connectivity index (χ4v) is 6.39. The molecule has 0 saturated carbocycles. The number of imidazole rings is 1. The number of hydrogen-bond acceptors (Lipinski definition) is 7. The molecule has 6 rings (SSSR count). The molecular weight excluding hydrogens is 591 g/mol. The van der Waals surface area contributed by atoms with Gasteiger partial charge in [0.1, 0.15) is 17.3 Å². The Bertz CT molecular complexity index is 1950. The van der Waals surface area contributed by atoms with Gasteiger partial charge in [0.2, 0.25) is 5.75 Å². The van der Waals surface area contributed by atoms with E-state index in [0.29, 0.717) is 17.2 Å². The van der Waals surface area contributed by atoms with Crippen molar-refractivity contribution in [2.75, 3.05) is 35.5 Å². The summed E-state index contributed by atoms with van der Waals surface area (Å²) >= 11 is 1.58. The van der Waals surface area contributed by atoms with Gasteiger partial charge in [-0.2, -0.15) is 0 Å². The molecule has 2 aromatic heterocycles. The van der Waals surface area contributed by atoms with Crippen LogP contribution >= 0.6 is 11.3 Å². The van der Waals surface area contributed by atoms with E-state index in [1.807, 2.05) is 72.8 Å². The highest BCUT2D eigenvalue weighted by atomic mass is 32.1. The van der Waals surface area contributed by atoms with Crippen LogP contribution in [0.4, 0.5) is 4.39 Å². The topological polar surface area (TPSA) is 63.5 Å². The van der Waals surface area contributed by atoms with Crippen LogP contribution in [0.25, 0.3) is 50.1 Å². The van der Waals surface area contributed by atoms with Gasteiger partial charge in [0.05, 0.1) is 57.5 Å². The summed E-state index contributed by atoms with van der Waals surface area (Å²) in [6.07, 6.45) is 3.99. The molecule has 7 nitrogen and oxygen atoms in total. The maximum atomic E-state index is 14.0. The van der Waals surface area contributed by atoms with Crippen molar-refractivity contribution in [1.29, 1.82) is 0 Å². The molecule has 0 aliphatic heterocycles. The molecule has 6 aromatic rings. The maximum Gasteiger partial charge on any atom is 0.203 e. The van der Waals surface area contributed by atoms with E-state index >= 15 is 0 Å². The monoisotopic (exact) mass is 622 g/mol. The first-order valence-electron chi connectivity index (χ1n) is 14.1. The summed E-state index contributed by atoms with van der Waals surface area (Å²) in [5, 5.41) is 0. The fraction of sp³-hybridized carbons (Fsp3) is 0.139. The lowest BCUT2D eigenvalue weighted by molar-refractivity contribution is 0.324. The van der Waals surface area contributed by atoms with E-state index in [4.69, 9.17) is 28.7 Å². The van der Waals surface area contributed by atoms with Crippen LogP contribution in [0.1, 0.15) is 11.3 Å². The van der Waals surface area contributed by atoms with Gasteiger partial charge in [-0.3, -0.25) is 4.40 Å². The zero-order chi connectivity index (χ0) is 31.5. The van der Waals surface area contributed by atoms with E-state index in [1.54, 1.807) is 59.0 Å². The zero-order valence-corrected chi connectivity index (χ0v) is 26.3. The van der Waals surface area contributed by atoms with E-state index in [1.165, 1.54) is 12.1 Å². The number of nitrogens with zero attached hydrogens (tertiary/aromatic N) is 2. The average molecular weight is 623 g/mol. The van der Waals surface area contributed by atoms with Crippen LogP contribution in [0.15, 0.2) is 84.9 Å². The maximum absolute atomic E-state index is 14.0. The van der Waals surface area contributed by atoms with Gasteiger partial charge in [-0.25, -0.2) is 9.37 Å². The summed E-state index contributed by atoms with van der Waals surface area (Å²) in [4.78, 5) is 6.94. The molecule has 0 aliphatic carbocycles. The van der Waals surface area contributed by atoms with E-state index in [2.05, 4.69) is 4.40 Å². The number of halogens is 1. The third-order valence-electron chi connectivity index (χ3n) is 7.47. The zero-order valence-electron chi connectivity index (χ0n) is 25.5. The van der Waals surface area contributed by atoms with Gasteiger partial charge in [-0.15, -0.1) is 0 Å². The van der Waals surface area contributed by atoms with Crippen molar-refractivity contribution in [2.45, 2.75) is 0 Å². The van der Waals surface area contributed by atoms with Crippen molar-refractivity contribution in [3.63, 3.8) is 0 Å². The first-order valence-corrected chi connectivity index (χ1v) is 14.9. The predicted molar refractivity (Wildman–Crippen MR) is 177 cm³/mol. The second kappa shape index (κ2) is 12.8. The largest absolute Gasteiger partial charge is 0.497 e. The van der Waals surface area contributed by atoms with Crippen molar-refractivity contribution < 1.29 is 28.1 Å². The van der Waals surface area contributed by atoms with Crippen molar-refractivity contribution in [3.05, 3.63) is 102 Å². The van der Waals surface area contributed by atoms with Crippen LogP contribution < -0.4 is 23.7 Å². The van der Waals surface area contributed by atoms with Crippen LogP contribution in [-0.4, -0.2) is 44.9 Å². The summed E-state index contributed by atoms with van der Waals surface area (Å²) in [6, 6.07) is 26.1. The minimum Gasteiger partial charge on any atom is -0.497 e. The molecule has 228 valence electrons. The number of hydrogen-bond donors (Lipinski definition) is 0. The molecule has 0 amide bonds. The van der Waals surface area contributed by atoms with Crippen LogP contribution in [0.5, 0.6) is 28.7 Å². The lowest BCUT2D eigenvalue weighted by Gasteiger charge is -2.13. The number of aromatic nitrogens is 2. The minimum absolute atomic E-state index is 0.310. The average Bonchev–Trinajstić information content (AvgIpc) is 3.63. The highest BCUT2D eigenvalue weighted by Gasteiger charge is 2.23. The highest BCUT2D eigenvalue weighted by molar-refractivity contribution is 7.21. The summed E-state index contributed by atoms with van der Waals surface area (Å²) in [7, 11) is 8.06. The Morgan fingerprint density at radius 1 is 0.644 bits per heavy atom. The molecule has 0 fully saturated rings. The van der Waals surface area contributed by atoms with Gasteiger partial charge in [0, 0.05) is 11.1 Å². The molecular formula is C36H31FN2O5S. The molecule has 0 atom stereocenters. The quantitative estimate of drug-likeness (QED) is 0.152. The van der Waals surface area contributed by atoms with E-state index in [-0.39, 0.29) is 5.82 Å². The Balaban J connectivity index is 1.62. The van der Waals surface area contributed by atoms with Crippen molar-refractivity contribution in [2.24, 2.45) is 0 Å². The Morgan fingerprint density at radius 3 is 1.73 bits per heavy atom. The molecule has 45 heavy (non-hydrogen) atoms. The first kappa shape index (κ1) is 29.8. The van der Waals surface area contributed by atoms with Gasteiger partial charge in [-0.05, 0) is 102 Å². The molecule has 4 aromatic carbocycles. The molecule has 0 spiro atoms. The molecule has 0 bridgehead atoms. The SMILES string of the molecule is COc1ccc(-c2sc3nc(-c4ccc(F)cc4)c(/C=C/c4cc(OC)c(OC)c(OC)c4)n3c2-c2ccc(OC)cc2)cc1. The van der Waals surface area contributed by atoms with Crippen LogP contribution in [0.2, 0.25) is 0 Å². The van der Waals surface area contributed by atoms with Gasteiger partial charge in [0.15, 0.2) is 16.5 Å². The number of ether oxygens (including phenoxy) is 5. The normalized spacial score (nSPS) is 11.2. The lowest BCUT2D eigenvalue weighted by atomic mass is 10.0. The molecule has 9 heteroatoms. The third-order valence-corrected chi connectivity index (χ3v) is 8.56. The molecule has 0 aliphatic rings. The number of fused-ring (bicyclic) bond motifs is 1. The Kier molecular flexibility index (Phi) is 8.44. The van der Waals surface area contributed by atoms with Crippen LogP contribution in [-0.2, 0) is 0 Å². The van der Waals surface area contributed by atoms with Gasteiger partial charge >= 0.3 is 0 Å². The van der Waals surface area contributed by atoms with Gasteiger partial charge < -0.3 is 23.7 Å². The van der Waals surface area contributed by atoms with Crippen molar-refractivity contribution >= 4 is 28.4 Å². The van der Waals surface area contributed by atoms with Crippen molar-refractivity contribution in [1.82, 2.24) is 9.38 Å². The second-order valence-electron chi connectivity index (χ2n) is 10.00. The second-order valence-corrected chi connectivity index (χ2v) is 11.0. The standard InChI is InChI=1S/C36H31FN2O5S/c1-40-27-15-9-24(10-16-27)33-35(25-11-17-28(41-2)18-12-25)45-36-38-32(23-7-13-26(37)14-8-23)29(39(33)36)19-6-22-20-30(42-3)34(44-5)31(21-22)43-4/h6-21H,1-5H3/b19-6+. The van der Waals surface area contributed by atoms with E-state index in [0.717, 1.165) is 60.7 Å². The first-order chi connectivity index (χ1) is 22.0. The van der Waals surface area contributed by atoms with Gasteiger partial charge in [-0.1, -0.05) is 17.4 Å². The predicted octanol–water partition coefficient (Wildman–Crippen LogP) is 8.75. The van der Waals surface area contributed by atoms with E-state index < -0.39 is 0 Å². The summed E-state index contributed by atoms with van der Waals surface area (Å²) in [5.74, 6) is 2.83. The molecule has 0 N–H and O–H groups in total. The highest BCUT2D eigenvalue weighted by Crippen LogP contribution is 2.44. The number of rotatable bonds is 10. The Hall–Kier alpha value is -5.28. The van der Waals surface area contributed by atoms with Crippen LogP contribution in [0.3, 0.4) is 0 Å². The van der Waals surface area contributed by atoms with Crippen molar-refractivity contribution in [3.8, 4) is 61.7 Å². The third kappa shape index (κ3) is 5.70. The van der Waals surface area contributed by atoms with Gasteiger partial charge in [0.25, 0.3) is 0 Å². The molecule has 2 heterocycles. The lowest BCUT2D eigenvalue weighted by Crippen LogP contribution is -1.96. The Morgan fingerprint density at radius 2 is 1.20 bits per heavy atom. The fourth-order valence-electron chi connectivity index (χ4n) is 5.23. The number of benzene rings is 4. The molecule has 0 radical (unpaired) electrons. The number of methoxy groups -OCH3 is 5. The summed E-state index contributed by atoms with van der Waals surface area (Å²) in [6.45, 7) is 0. The smallest absolute Gasteiger partial charge is 0.203 e. The Labute approximate surface area is 264 Å². The number of thiazole rings is 1.